The molecule has 1 unspecified atom stereocenters. The molecule has 1 fully saturated rings. The fourth-order valence-electron chi connectivity index (χ4n) is 3.83. The molecule has 0 spiro atoms. The number of esters is 1. The molecule has 2 aromatic rings. The number of fused-ring (bicyclic) bond motifs is 1. The maximum atomic E-state index is 12.8. The van der Waals surface area contributed by atoms with Gasteiger partial charge < -0.3 is 9.64 Å². The summed E-state index contributed by atoms with van der Waals surface area (Å²) in [5, 5.41) is 10.6. The summed E-state index contributed by atoms with van der Waals surface area (Å²) in [5.74, 6) is -0.969. The number of amides is 1. The van der Waals surface area contributed by atoms with Crippen molar-refractivity contribution in [2.24, 2.45) is 0 Å². The van der Waals surface area contributed by atoms with Crippen molar-refractivity contribution in [2.75, 3.05) is 7.05 Å². The van der Waals surface area contributed by atoms with Crippen LogP contribution in [0.4, 0.5) is 0 Å². The molecule has 1 amide bonds. The van der Waals surface area contributed by atoms with Gasteiger partial charge in [0.15, 0.2) is 6.10 Å². The molecule has 6 nitrogen and oxygen atoms in total. The molecular formula is C23H25N3O3. The fourth-order valence-corrected chi connectivity index (χ4v) is 3.83. The molecule has 150 valence electrons. The molecule has 1 aromatic carbocycles. The van der Waals surface area contributed by atoms with Gasteiger partial charge in [-0.05, 0) is 31.9 Å². The summed E-state index contributed by atoms with van der Waals surface area (Å²) in [6, 6.07) is 11.8. The molecule has 1 aromatic heterocycles. The Balaban J connectivity index is 1.66. The summed E-state index contributed by atoms with van der Waals surface area (Å²) in [6.07, 6.45) is 7.89. The van der Waals surface area contributed by atoms with E-state index in [9.17, 15) is 14.9 Å². The average Bonchev–Trinajstić information content (AvgIpc) is 2.77. The van der Waals surface area contributed by atoms with Crippen LogP contribution in [-0.2, 0) is 14.3 Å². The smallest absolute Gasteiger partial charge is 0.331 e. The molecule has 1 heterocycles. The summed E-state index contributed by atoms with van der Waals surface area (Å²) in [5.41, 5.74) is 0.776. The molecule has 29 heavy (non-hydrogen) atoms. The van der Waals surface area contributed by atoms with Crippen LogP contribution in [0.1, 0.15) is 44.6 Å². The molecule has 6 heteroatoms. The Kier molecular flexibility index (Phi) is 6.28. The minimum Gasteiger partial charge on any atom is -0.449 e. The minimum absolute atomic E-state index is 0.359. The third kappa shape index (κ3) is 4.45. The maximum absolute atomic E-state index is 12.8. The Morgan fingerprint density at radius 3 is 2.69 bits per heavy atom. The normalized spacial score (nSPS) is 16.9. The van der Waals surface area contributed by atoms with Crippen LogP contribution in [0.5, 0.6) is 0 Å². The van der Waals surface area contributed by atoms with E-state index in [1.807, 2.05) is 30.3 Å². The molecule has 0 saturated heterocycles. The Morgan fingerprint density at radius 1 is 1.24 bits per heavy atom. The van der Waals surface area contributed by atoms with Crippen molar-refractivity contribution in [1.82, 2.24) is 9.88 Å². The molecule has 3 rings (SSSR count). The van der Waals surface area contributed by atoms with Gasteiger partial charge in [-0.1, -0.05) is 43.5 Å². The summed E-state index contributed by atoms with van der Waals surface area (Å²) in [4.78, 5) is 30.8. The first-order valence-corrected chi connectivity index (χ1v) is 9.88. The first kappa shape index (κ1) is 20.5. The highest BCUT2D eigenvalue weighted by atomic mass is 16.5. The number of carbonyl (C=O) groups excluding carboxylic acids is 2. The van der Waals surface area contributed by atoms with Crippen molar-refractivity contribution in [1.29, 1.82) is 5.26 Å². The topological polar surface area (TPSA) is 83.3 Å². The van der Waals surface area contributed by atoms with E-state index in [1.54, 1.807) is 19.3 Å². The van der Waals surface area contributed by atoms with Crippen LogP contribution in [0, 0.1) is 11.3 Å². The number of aromatic nitrogens is 1. The molecule has 1 saturated carbocycles. The van der Waals surface area contributed by atoms with Gasteiger partial charge in [-0.25, -0.2) is 4.79 Å². The first-order valence-electron chi connectivity index (χ1n) is 9.88. The van der Waals surface area contributed by atoms with Crippen LogP contribution in [0.25, 0.3) is 17.0 Å². The fraction of sp³-hybridized carbons (Fsp3) is 0.391. The first-order chi connectivity index (χ1) is 14.0. The van der Waals surface area contributed by atoms with Crippen molar-refractivity contribution >= 4 is 28.9 Å². The van der Waals surface area contributed by atoms with E-state index in [2.05, 4.69) is 11.1 Å². The number of para-hydroxylation sites is 1. The van der Waals surface area contributed by atoms with Crippen LogP contribution < -0.4 is 0 Å². The highest BCUT2D eigenvalue weighted by Crippen LogP contribution is 2.32. The number of hydrogen-bond donors (Lipinski definition) is 0. The lowest BCUT2D eigenvalue weighted by Crippen LogP contribution is -2.53. The largest absolute Gasteiger partial charge is 0.449 e. The second-order valence-corrected chi connectivity index (χ2v) is 7.44. The average molecular weight is 391 g/mol. The van der Waals surface area contributed by atoms with Gasteiger partial charge in [0.2, 0.25) is 0 Å². The van der Waals surface area contributed by atoms with E-state index in [0.29, 0.717) is 12.8 Å². The number of benzene rings is 1. The monoisotopic (exact) mass is 391 g/mol. The number of carbonyl (C=O) groups is 2. The summed E-state index contributed by atoms with van der Waals surface area (Å²) in [6.45, 7) is 1.54. The molecule has 0 aliphatic heterocycles. The van der Waals surface area contributed by atoms with Gasteiger partial charge in [0.25, 0.3) is 5.91 Å². The lowest BCUT2D eigenvalue weighted by atomic mass is 9.81. The van der Waals surface area contributed by atoms with Gasteiger partial charge in [0.1, 0.15) is 5.54 Å². The Labute approximate surface area is 170 Å². The number of pyridine rings is 1. The Bertz CT molecular complexity index is 965. The summed E-state index contributed by atoms with van der Waals surface area (Å²) in [7, 11) is 1.62. The van der Waals surface area contributed by atoms with Crippen LogP contribution in [-0.4, -0.2) is 40.5 Å². The lowest BCUT2D eigenvalue weighted by molar-refractivity contribution is -0.157. The number of ether oxygens (including phenoxy) is 1. The van der Waals surface area contributed by atoms with E-state index < -0.39 is 17.6 Å². The van der Waals surface area contributed by atoms with Crippen molar-refractivity contribution < 1.29 is 14.3 Å². The lowest BCUT2D eigenvalue weighted by Gasteiger charge is -2.39. The van der Waals surface area contributed by atoms with Crippen LogP contribution in [0.15, 0.2) is 42.6 Å². The Hall–Kier alpha value is -3.20. The molecule has 0 radical (unpaired) electrons. The van der Waals surface area contributed by atoms with E-state index in [1.165, 1.54) is 17.9 Å². The van der Waals surface area contributed by atoms with Gasteiger partial charge in [0.05, 0.1) is 11.6 Å². The van der Waals surface area contributed by atoms with E-state index in [-0.39, 0.29) is 5.91 Å². The van der Waals surface area contributed by atoms with Gasteiger partial charge >= 0.3 is 5.97 Å². The second kappa shape index (κ2) is 8.87. The molecule has 1 aliphatic carbocycles. The van der Waals surface area contributed by atoms with Gasteiger partial charge in [0, 0.05) is 30.3 Å². The van der Waals surface area contributed by atoms with E-state index >= 15 is 0 Å². The number of rotatable bonds is 5. The maximum Gasteiger partial charge on any atom is 0.331 e. The van der Waals surface area contributed by atoms with Crippen LogP contribution in [0.2, 0.25) is 0 Å². The third-order valence-electron chi connectivity index (χ3n) is 5.57. The van der Waals surface area contributed by atoms with Crippen molar-refractivity contribution in [3.63, 3.8) is 0 Å². The highest BCUT2D eigenvalue weighted by molar-refractivity contribution is 5.94. The molecule has 0 N–H and O–H groups in total. The summed E-state index contributed by atoms with van der Waals surface area (Å²) >= 11 is 0. The van der Waals surface area contributed by atoms with E-state index in [4.69, 9.17) is 4.74 Å². The summed E-state index contributed by atoms with van der Waals surface area (Å²) < 4.78 is 5.30. The number of nitriles is 1. The van der Waals surface area contributed by atoms with Gasteiger partial charge in [-0.3, -0.25) is 9.78 Å². The predicted molar refractivity (Wildman–Crippen MR) is 111 cm³/mol. The molecule has 1 atom stereocenters. The number of likely N-dealkylation sites (N-methyl/N-ethyl adjacent to an activating group) is 1. The highest BCUT2D eigenvalue weighted by Gasteiger charge is 2.40. The standard InChI is InChI=1S/C23H25N3O3/c1-17(22(28)26(2)23(16-24)13-4-3-5-14-23)29-20(27)12-11-19-9-6-8-18-10-7-15-25-21(18)19/h6-12,15,17H,3-5,13-14H2,1-2H3. The van der Waals surface area contributed by atoms with Crippen LogP contribution in [0.3, 0.4) is 0 Å². The quantitative estimate of drug-likeness (QED) is 0.571. The molecular weight excluding hydrogens is 366 g/mol. The van der Waals surface area contributed by atoms with Gasteiger partial charge in [-0.15, -0.1) is 0 Å². The SMILES string of the molecule is CC(OC(=O)C=Cc1cccc2cccnc12)C(=O)N(C)C1(C#N)CCCCC1. The third-order valence-corrected chi connectivity index (χ3v) is 5.57. The predicted octanol–water partition coefficient (Wildman–Crippen LogP) is 3.86. The van der Waals surface area contributed by atoms with Crippen molar-refractivity contribution in [3.8, 4) is 6.07 Å². The zero-order valence-corrected chi connectivity index (χ0v) is 16.8. The number of hydrogen-bond acceptors (Lipinski definition) is 5. The van der Waals surface area contributed by atoms with Crippen molar-refractivity contribution in [2.45, 2.75) is 50.7 Å². The number of nitrogens with zero attached hydrogens (tertiary/aromatic N) is 3. The van der Waals surface area contributed by atoms with Crippen LogP contribution >= 0.6 is 0 Å². The minimum atomic E-state index is -0.963. The molecule has 0 bridgehead atoms. The Morgan fingerprint density at radius 2 is 1.97 bits per heavy atom. The zero-order chi connectivity index (χ0) is 20.9. The second-order valence-electron chi connectivity index (χ2n) is 7.44. The van der Waals surface area contributed by atoms with Crippen molar-refractivity contribution in [3.05, 3.63) is 48.2 Å². The zero-order valence-electron chi connectivity index (χ0n) is 16.8. The molecule has 1 aliphatic rings. The van der Waals surface area contributed by atoms with E-state index in [0.717, 1.165) is 35.7 Å². The van der Waals surface area contributed by atoms with Gasteiger partial charge in [-0.2, -0.15) is 5.26 Å².